The molecule has 1 aliphatic carbocycles. The summed E-state index contributed by atoms with van der Waals surface area (Å²) in [5.74, 6) is 0.602. The molecule has 3 aromatic rings. The molecule has 0 N–H and O–H groups in total. The van der Waals surface area contributed by atoms with E-state index in [2.05, 4.69) is 93.6 Å². The molecule has 130 valence electrons. The van der Waals surface area contributed by atoms with Crippen molar-refractivity contribution in [3.8, 4) is 22.3 Å². The van der Waals surface area contributed by atoms with Gasteiger partial charge in [0, 0.05) is 0 Å². The smallest absolute Gasteiger partial charge is 0.00550 e. The van der Waals surface area contributed by atoms with Crippen molar-refractivity contribution >= 4 is 6.08 Å². The lowest BCUT2D eigenvalue weighted by molar-refractivity contribution is 0.754. The Kier molecular flexibility index (Phi) is 4.51. The largest absolute Gasteiger partial charge is 0.0626 e. The Morgan fingerprint density at radius 1 is 0.808 bits per heavy atom. The predicted molar refractivity (Wildman–Crippen MR) is 113 cm³/mol. The zero-order valence-electron chi connectivity index (χ0n) is 15.9. The van der Waals surface area contributed by atoms with Crippen molar-refractivity contribution in [2.24, 2.45) is 5.92 Å². The molecule has 0 fully saturated rings. The van der Waals surface area contributed by atoms with Gasteiger partial charge in [-0.25, -0.2) is 0 Å². The highest BCUT2D eigenvalue weighted by molar-refractivity contribution is 5.91. The Morgan fingerprint density at radius 2 is 1.50 bits per heavy atom. The highest BCUT2D eigenvalue weighted by Gasteiger charge is 2.22. The van der Waals surface area contributed by atoms with E-state index in [1.54, 1.807) is 5.57 Å². The van der Waals surface area contributed by atoms with Crippen LogP contribution in [-0.2, 0) is 12.8 Å². The lowest BCUT2D eigenvalue weighted by Crippen LogP contribution is -1.96. The summed E-state index contributed by atoms with van der Waals surface area (Å²) in [5.41, 5.74) is 11.3. The molecule has 0 radical (unpaired) electrons. The molecule has 0 spiro atoms. The van der Waals surface area contributed by atoms with Crippen molar-refractivity contribution in [3.63, 3.8) is 0 Å². The fourth-order valence-corrected chi connectivity index (χ4v) is 4.04. The van der Waals surface area contributed by atoms with E-state index in [-0.39, 0.29) is 0 Å². The number of hydrogen-bond donors (Lipinski definition) is 0. The third-order valence-electron chi connectivity index (χ3n) is 5.55. The van der Waals surface area contributed by atoms with Crippen molar-refractivity contribution in [1.29, 1.82) is 0 Å². The molecule has 0 nitrogen and oxygen atoms in total. The van der Waals surface area contributed by atoms with Gasteiger partial charge in [0.15, 0.2) is 0 Å². The van der Waals surface area contributed by atoms with Crippen LogP contribution in [0.15, 0.2) is 72.3 Å². The number of fused-ring (bicyclic) bond motifs is 1. The Bertz CT molecular complexity index is 959. The first-order valence-corrected chi connectivity index (χ1v) is 9.69. The van der Waals surface area contributed by atoms with E-state index in [0.717, 1.165) is 12.8 Å². The van der Waals surface area contributed by atoms with Gasteiger partial charge in [-0.2, -0.15) is 0 Å². The number of allylic oxidation sites excluding steroid dienone is 1. The summed E-state index contributed by atoms with van der Waals surface area (Å²) < 4.78 is 0. The molecule has 4 rings (SSSR count). The molecule has 1 aliphatic rings. The summed E-state index contributed by atoms with van der Waals surface area (Å²) in [6, 6.07) is 24.3. The van der Waals surface area contributed by atoms with Crippen molar-refractivity contribution in [3.05, 3.63) is 89.0 Å². The Labute approximate surface area is 157 Å². The van der Waals surface area contributed by atoms with Gasteiger partial charge in [-0.05, 0) is 57.7 Å². The molecule has 3 aromatic carbocycles. The van der Waals surface area contributed by atoms with Crippen LogP contribution in [0.5, 0.6) is 0 Å². The lowest BCUT2D eigenvalue weighted by atomic mass is 9.87. The van der Waals surface area contributed by atoms with Gasteiger partial charge in [0.2, 0.25) is 0 Å². The molecule has 0 heterocycles. The number of rotatable bonds is 4. The Balaban J connectivity index is 1.97. The fourth-order valence-electron chi connectivity index (χ4n) is 4.04. The van der Waals surface area contributed by atoms with Gasteiger partial charge < -0.3 is 0 Å². The van der Waals surface area contributed by atoms with E-state index >= 15 is 0 Å². The standard InChI is InChI=1S/C26H26/c1-4-19-14-15-21-16-22(18(2)3)17-25(21)26(19)24-13-9-8-12-23(24)20-10-6-5-7-11-20/h5-15,17-18H,4,16H2,1-3H3. The molecular weight excluding hydrogens is 312 g/mol. The van der Waals surface area contributed by atoms with Crippen LogP contribution in [0.25, 0.3) is 28.3 Å². The van der Waals surface area contributed by atoms with Gasteiger partial charge in [-0.1, -0.05) is 99.2 Å². The lowest BCUT2D eigenvalue weighted by Gasteiger charge is -2.17. The normalized spacial score (nSPS) is 13.0. The molecule has 0 amide bonds. The topological polar surface area (TPSA) is 0 Å². The SMILES string of the molecule is CCc1ccc2c(c1-c1ccccc1-c1ccccc1)C=C(C(C)C)C2. The number of aryl methyl sites for hydroxylation is 1. The van der Waals surface area contributed by atoms with Gasteiger partial charge >= 0.3 is 0 Å². The third-order valence-corrected chi connectivity index (χ3v) is 5.55. The maximum absolute atomic E-state index is 2.45. The molecule has 0 atom stereocenters. The zero-order valence-corrected chi connectivity index (χ0v) is 15.9. The van der Waals surface area contributed by atoms with Gasteiger partial charge in [-0.15, -0.1) is 0 Å². The molecular formula is C26H26. The van der Waals surface area contributed by atoms with E-state index in [1.165, 1.54) is 38.9 Å². The first kappa shape index (κ1) is 16.8. The van der Waals surface area contributed by atoms with Crippen LogP contribution >= 0.6 is 0 Å². The molecule has 26 heavy (non-hydrogen) atoms. The van der Waals surface area contributed by atoms with E-state index in [4.69, 9.17) is 0 Å². The van der Waals surface area contributed by atoms with Gasteiger partial charge in [0.1, 0.15) is 0 Å². The average Bonchev–Trinajstić information content (AvgIpc) is 3.12. The van der Waals surface area contributed by atoms with E-state index in [1.807, 2.05) is 0 Å². The number of benzene rings is 3. The van der Waals surface area contributed by atoms with Crippen LogP contribution in [0.3, 0.4) is 0 Å². The quantitative estimate of drug-likeness (QED) is 0.472. The Morgan fingerprint density at radius 3 is 2.19 bits per heavy atom. The molecule has 0 saturated carbocycles. The van der Waals surface area contributed by atoms with E-state index in [0.29, 0.717) is 5.92 Å². The highest BCUT2D eigenvalue weighted by atomic mass is 14.3. The predicted octanol–water partition coefficient (Wildman–Crippen LogP) is 7.18. The molecule has 0 unspecified atom stereocenters. The second kappa shape index (κ2) is 6.96. The second-order valence-electron chi connectivity index (χ2n) is 7.49. The first-order chi connectivity index (χ1) is 12.7. The minimum absolute atomic E-state index is 0.602. The van der Waals surface area contributed by atoms with Crippen LogP contribution in [0.4, 0.5) is 0 Å². The number of hydrogen-bond acceptors (Lipinski definition) is 0. The van der Waals surface area contributed by atoms with E-state index < -0.39 is 0 Å². The van der Waals surface area contributed by atoms with Gasteiger partial charge in [0.25, 0.3) is 0 Å². The van der Waals surface area contributed by atoms with Crippen molar-refractivity contribution in [2.45, 2.75) is 33.6 Å². The average molecular weight is 338 g/mol. The molecule has 0 saturated heterocycles. The summed E-state index contributed by atoms with van der Waals surface area (Å²) in [4.78, 5) is 0. The van der Waals surface area contributed by atoms with Crippen molar-refractivity contribution in [2.75, 3.05) is 0 Å². The van der Waals surface area contributed by atoms with Crippen LogP contribution in [-0.4, -0.2) is 0 Å². The van der Waals surface area contributed by atoms with Crippen LogP contribution in [0.1, 0.15) is 37.5 Å². The van der Waals surface area contributed by atoms with Crippen LogP contribution in [0, 0.1) is 5.92 Å². The van der Waals surface area contributed by atoms with Crippen LogP contribution < -0.4 is 0 Å². The van der Waals surface area contributed by atoms with Crippen molar-refractivity contribution in [1.82, 2.24) is 0 Å². The monoisotopic (exact) mass is 338 g/mol. The maximum atomic E-state index is 2.45. The third kappa shape index (κ3) is 2.90. The maximum Gasteiger partial charge on any atom is -0.00550 e. The zero-order chi connectivity index (χ0) is 18.1. The van der Waals surface area contributed by atoms with E-state index in [9.17, 15) is 0 Å². The molecule has 0 heteroatoms. The minimum Gasteiger partial charge on any atom is -0.0626 e. The van der Waals surface area contributed by atoms with Gasteiger partial charge in [-0.3, -0.25) is 0 Å². The summed E-state index contributed by atoms with van der Waals surface area (Å²) in [6.07, 6.45) is 4.60. The molecule has 0 bridgehead atoms. The van der Waals surface area contributed by atoms with Crippen LogP contribution in [0.2, 0.25) is 0 Å². The minimum atomic E-state index is 0.602. The highest BCUT2D eigenvalue weighted by Crippen LogP contribution is 2.42. The Hall–Kier alpha value is -2.60. The first-order valence-electron chi connectivity index (χ1n) is 9.69. The summed E-state index contributed by atoms with van der Waals surface area (Å²) in [6.45, 7) is 6.87. The summed E-state index contributed by atoms with van der Waals surface area (Å²) in [7, 11) is 0. The van der Waals surface area contributed by atoms with Gasteiger partial charge in [0.05, 0.1) is 0 Å². The summed E-state index contributed by atoms with van der Waals surface area (Å²) in [5, 5.41) is 0. The fraction of sp³-hybridized carbons (Fsp3) is 0.231. The molecule has 0 aromatic heterocycles. The second-order valence-corrected chi connectivity index (χ2v) is 7.49. The molecule has 0 aliphatic heterocycles. The summed E-state index contributed by atoms with van der Waals surface area (Å²) >= 11 is 0. The van der Waals surface area contributed by atoms with Crippen molar-refractivity contribution < 1.29 is 0 Å².